The topological polar surface area (TPSA) is 159 Å². The summed E-state index contributed by atoms with van der Waals surface area (Å²) in [7, 11) is 0. The molecule has 0 aliphatic heterocycles. The van der Waals surface area contributed by atoms with Crippen LogP contribution in [0.25, 0.3) is 0 Å². The highest BCUT2D eigenvalue weighted by molar-refractivity contribution is 5.78. The number of alkyl halides is 18. The maximum Gasteiger partial charge on any atom is 0.426 e. The van der Waals surface area contributed by atoms with Crippen molar-refractivity contribution in [1.29, 1.82) is 0 Å². The fourth-order valence-electron chi connectivity index (χ4n) is 9.67. The Hall–Kier alpha value is -2.64. The molecule has 438 valence electrons. The third kappa shape index (κ3) is 14.5. The van der Waals surface area contributed by atoms with Crippen molar-refractivity contribution in [2.45, 2.75) is 165 Å². The number of esters is 2. The van der Waals surface area contributed by atoms with Gasteiger partial charge in [-0.05, 0) is 97.8 Å². The van der Waals surface area contributed by atoms with E-state index in [4.69, 9.17) is 29.2 Å². The standard InChI is InChI=1S/C27H40F12O9.C17H24F6O3/c1-4-21(2,24(28,29)30)20(42)46-16-45-19-14-17(22(3,25(31,32)33)47-11-9-43-7-5-40)13-18(15-19)23(26(34,35)36,27(37,38)39)48-12-10-44-8-6-41;1-5-13(2,16(18,19)20)12(24)26-14(3)8-9-6-10(14)11(7-9)15(4,25)17(21,22)23/h17-19,40-41H,4-16H2,1-3H3;9-11,25H,5-8H2,1-4H3. The Balaban J connectivity index is 0.000000602. The van der Waals surface area contributed by atoms with Crippen LogP contribution in [0.1, 0.15) is 99.8 Å². The summed E-state index contributed by atoms with van der Waals surface area (Å²) in [5.41, 5.74) is -18.8. The Morgan fingerprint density at radius 2 is 1.01 bits per heavy atom. The van der Waals surface area contributed by atoms with Crippen molar-refractivity contribution in [3.8, 4) is 0 Å². The molecule has 12 nitrogen and oxygen atoms in total. The summed E-state index contributed by atoms with van der Waals surface area (Å²) in [4.78, 5) is 24.6. The highest BCUT2D eigenvalue weighted by Gasteiger charge is 2.77. The number of ether oxygens (including phenoxy) is 7. The number of hydrogen-bond acceptors (Lipinski definition) is 12. The molecule has 0 heterocycles. The number of fused-ring (bicyclic) bond motifs is 2. The number of aliphatic hydroxyl groups excluding tert-OH is 2. The first kappa shape index (κ1) is 67.5. The van der Waals surface area contributed by atoms with Gasteiger partial charge in [-0.1, -0.05) is 13.8 Å². The molecule has 11 atom stereocenters. The summed E-state index contributed by atoms with van der Waals surface area (Å²) >= 11 is 0. The number of rotatable bonds is 23. The summed E-state index contributed by atoms with van der Waals surface area (Å²) in [6.07, 6.45) is -39.3. The van der Waals surface area contributed by atoms with E-state index >= 15 is 0 Å². The predicted octanol–water partition coefficient (Wildman–Crippen LogP) is 10.1. The highest BCUT2D eigenvalue weighted by atomic mass is 19.4. The van der Waals surface area contributed by atoms with E-state index < -0.39 is 197 Å². The zero-order valence-corrected chi connectivity index (χ0v) is 41.3. The maximum absolute atomic E-state index is 14.5. The summed E-state index contributed by atoms with van der Waals surface area (Å²) in [5, 5.41) is 27.5. The molecular weight excluding hydrogens is 1060 g/mol. The van der Waals surface area contributed by atoms with Crippen molar-refractivity contribution in [2.24, 2.45) is 40.4 Å². The number of hydrogen-bond donors (Lipinski definition) is 3. The molecule has 3 aliphatic carbocycles. The van der Waals surface area contributed by atoms with Crippen molar-refractivity contribution >= 4 is 11.9 Å². The van der Waals surface area contributed by atoms with Crippen LogP contribution in [0.5, 0.6) is 0 Å². The zero-order valence-electron chi connectivity index (χ0n) is 41.3. The average Bonchev–Trinajstić information content (AvgIpc) is 3.83. The highest BCUT2D eigenvalue weighted by Crippen LogP contribution is 2.62. The summed E-state index contributed by atoms with van der Waals surface area (Å²) in [6, 6.07) is 0. The van der Waals surface area contributed by atoms with Crippen LogP contribution in [0.3, 0.4) is 0 Å². The minimum Gasteiger partial charge on any atom is -0.458 e. The molecule has 0 aromatic rings. The second-order valence-corrected chi connectivity index (χ2v) is 19.6. The van der Waals surface area contributed by atoms with Gasteiger partial charge in [-0.15, -0.1) is 0 Å². The zero-order chi connectivity index (χ0) is 57.6. The van der Waals surface area contributed by atoms with Gasteiger partial charge in [0.2, 0.25) is 0 Å². The molecule has 0 aromatic heterocycles. The first-order valence-corrected chi connectivity index (χ1v) is 23.2. The molecule has 3 aliphatic rings. The van der Waals surface area contributed by atoms with Crippen molar-refractivity contribution in [2.75, 3.05) is 59.6 Å². The molecule has 74 heavy (non-hydrogen) atoms. The summed E-state index contributed by atoms with van der Waals surface area (Å²) in [6.45, 7) is -1.25. The molecule has 0 radical (unpaired) electrons. The van der Waals surface area contributed by atoms with Gasteiger partial charge in [-0.25, -0.2) is 0 Å². The van der Waals surface area contributed by atoms with Crippen molar-refractivity contribution in [3.05, 3.63) is 0 Å². The molecule has 3 rings (SSSR count). The molecule has 3 fully saturated rings. The van der Waals surface area contributed by atoms with Gasteiger partial charge in [0.25, 0.3) is 5.60 Å². The third-order valence-electron chi connectivity index (χ3n) is 14.9. The first-order chi connectivity index (χ1) is 33.4. The normalized spacial score (nSPS) is 27.5. The van der Waals surface area contributed by atoms with Gasteiger partial charge in [0.1, 0.15) is 5.60 Å². The predicted molar refractivity (Wildman–Crippen MR) is 218 cm³/mol. The summed E-state index contributed by atoms with van der Waals surface area (Å²) in [5.74, 6) is -10.8. The average molecular weight is 1130 g/mol. The van der Waals surface area contributed by atoms with Gasteiger partial charge in [0.05, 0.1) is 59.0 Å². The number of halogens is 18. The van der Waals surface area contributed by atoms with Crippen LogP contribution in [0, 0.1) is 40.4 Å². The lowest BCUT2D eigenvalue weighted by atomic mass is 9.66. The van der Waals surface area contributed by atoms with Crippen LogP contribution in [-0.2, 0) is 42.7 Å². The van der Waals surface area contributed by atoms with E-state index in [-0.39, 0.29) is 31.8 Å². The van der Waals surface area contributed by atoms with E-state index in [9.17, 15) is 93.7 Å². The monoisotopic (exact) mass is 1130 g/mol. The van der Waals surface area contributed by atoms with E-state index in [0.29, 0.717) is 20.8 Å². The number of carbonyl (C=O) groups excluding carboxylic acids is 2. The van der Waals surface area contributed by atoms with Crippen LogP contribution in [0.2, 0.25) is 0 Å². The lowest BCUT2D eigenvalue weighted by Gasteiger charge is -2.50. The van der Waals surface area contributed by atoms with Gasteiger partial charge >= 0.3 is 49.0 Å². The quantitative estimate of drug-likeness (QED) is 0.0385. The van der Waals surface area contributed by atoms with Crippen LogP contribution >= 0.6 is 0 Å². The number of aliphatic hydroxyl groups is 3. The van der Waals surface area contributed by atoms with Crippen LogP contribution in [0.15, 0.2) is 0 Å². The SMILES string of the molecule is CCC(C)(C(=O)OC1(C)CC2CC1C(C(C)(O)C(F)(F)F)C2)C(F)(F)F.CCC(C)(C(=O)OCOC1CC(C(C)(OCCOCCO)C(F)(F)F)CC(C(OCCOCCO)(C(F)(F)F)C(F)(F)F)C1)C(F)(F)F. The van der Waals surface area contributed by atoms with Gasteiger partial charge in [0.15, 0.2) is 28.8 Å². The Labute approximate surface area is 414 Å². The van der Waals surface area contributed by atoms with Gasteiger partial charge in [-0.3, -0.25) is 9.59 Å². The Morgan fingerprint density at radius 1 is 0.554 bits per heavy atom. The molecule has 0 spiro atoms. The van der Waals surface area contributed by atoms with Crippen molar-refractivity contribution < 1.29 is 137 Å². The molecular formula is C44H64F18O12. The maximum atomic E-state index is 14.5. The molecule has 0 amide bonds. The van der Waals surface area contributed by atoms with E-state index in [1.807, 2.05) is 0 Å². The third-order valence-corrected chi connectivity index (χ3v) is 14.9. The van der Waals surface area contributed by atoms with E-state index in [1.165, 1.54) is 13.8 Å². The van der Waals surface area contributed by atoms with Crippen LogP contribution in [0.4, 0.5) is 79.0 Å². The van der Waals surface area contributed by atoms with Gasteiger partial charge in [-0.2, -0.15) is 79.0 Å². The Kier molecular flexibility index (Phi) is 22.4. The van der Waals surface area contributed by atoms with Crippen molar-refractivity contribution in [3.63, 3.8) is 0 Å². The lowest BCUT2D eigenvalue weighted by molar-refractivity contribution is -0.405. The smallest absolute Gasteiger partial charge is 0.426 e. The molecule has 0 saturated heterocycles. The minimum atomic E-state index is -6.30. The molecule has 2 bridgehead atoms. The number of carbonyl (C=O) groups is 2. The van der Waals surface area contributed by atoms with Gasteiger partial charge < -0.3 is 48.5 Å². The second kappa shape index (κ2) is 24.6. The van der Waals surface area contributed by atoms with Crippen LogP contribution in [-0.4, -0.2) is 152 Å². The van der Waals surface area contributed by atoms with Crippen molar-refractivity contribution in [1.82, 2.24) is 0 Å². The molecule has 30 heteroatoms. The first-order valence-electron chi connectivity index (χ1n) is 23.2. The summed E-state index contributed by atoms with van der Waals surface area (Å²) < 4.78 is 284. The second-order valence-electron chi connectivity index (χ2n) is 19.6. The molecule has 11 unspecified atom stereocenters. The minimum absolute atomic E-state index is 0.106. The van der Waals surface area contributed by atoms with E-state index in [1.54, 1.807) is 0 Å². The Morgan fingerprint density at radius 3 is 1.42 bits per heavy atom. The van der Waals surface area contributed by atoms with E-state index in [2.05, 4.69) is 14.2 Å². The lowest BCUT2D eigenvalue weighted by Crippen LogP contribution is -2.66. The largest absolute Gasteiger partial charge is 0.458 e. The molecule has 0 aromatic carbocycles. The van der Waals surface area contributed by atoms with Crippen LogP contribution < -0.4 is 0 Å². The van der Waals surface area contributed by atoms with E-state index in [0.717, 1.165) is 13.8 Å². The van der Waals surface area contributed by atoms with Gasteiger partial charge in [0, 0.05) is 17.8 Å². The fraction of sp³-hybridized carbons (Fsp3) is 0.955. The fourth-order valence-corrected chi connectivity index (χ4v) is 9.67. The molecule has 3 N–H and O–H groups in total. The Bertz CT molecular complexity index is 1770. The molecule has 3 saturated carbocycles.